The maximum absolute atomic E-state index is 12.8. The van der Waals surface area contributed by atoms with Crippen LogP contribution in [0.5, 0.6) is 0 Å². The van der Waals surface area contributed by atoms with Crippen LogP contribution in [0.25, 0.3) is 0 Å². The van der Waals surface area contributed by atoms with Crippen LogP contribution in [0.4, 0.5) is 8.78 Å². The minimum Gasteiger partial charge on any atom is -0.285 e. The van der Waals surface area contributed by atoms with E-state index in [-0.39, 0.29) is 12.4 Å². The van der Waals surface area contributed by atoms with Crippen molar-refractivity contribution < 1.29 is 8.78 Å². The zero-order chi connectivity index (χ0) is 9.97. The van der Waals surface area contributed by atoms with E-state index in [9.17, 15) is 8.78 Å². The van der Waals surface area contributed by atoms with Crippen LogP contribution in [-0.2, 0) is 6.42 Å². The molecule has 0 radical (unpaired) electrons. The molecule has 2 nitrogen and oxygen atoms in total. The number of aromatic amines is 1. The van der Waals surface area contributed by atoms with Crippen LogP contribution in [-0.4, -0.2) is 10.2 Å². The summed E-state index contributed by atoms with van der Waals surface area (Å²) in [6.45, 7) is 0. The van der Waals surface area contributed by atoms with Gasteiger partial charge in [-0.3, -0.25) is 5.10 Å². The first-order valence-electron chi connectivity index (χ1n) is 4.17. The second-order valence-corrected chi connectivity index (χ2v) is 3.03. The van der Waals surface area contributed by atoms with Gasteiger partial charge in [-0.15, -0.1) is 12.4 Å². The van der Waals surface area contributed by atoms with Crippen LogP contribution < -0.4 is 0 Å². The molecule has 0 saturated carbocycles. The number of benzene rings is 1. The first kappa shape index (κ1) is 11.7. The molecule has 1 aromatic heterocycles. The standard InChI is InChI=1S/C10H8F2N2.ClH/c11-9-2-1-7(4-10(9)12)3-8-5-13-14-6-8;/h1-2,4-6H,3H2,(H,13,14);1H. The molecule has 0 atom stereocenters. The lowest BCUT2D eigenvalue weighted by molar-refractivity contribution is 0.507. The summed E-state index contributed by atoms with van der Waals surface area (Å²) >= 11 is 0. The summed E-state index contributed by atoms with van der Waals surface area (Å²) < 4.78 is 25.4. The molecule has 0 unspecified atom stereocenters. The second kappa shape index (κ2) is 4.89. The smallest absolute Gasteiger partial charge is 0.159 e. The van der Waals surface area contributed by atoms with Gasteiger partial charge >= 0.3 is 0 Å². The second-order valence-electron chi connectivity index (χ2n) is 3.03. The molecule has 15 heavy (non-hydrogen) atoms. The van der Waals surface area contributed by atoms with E-state index >= 15 is 0 Å². The number of H-pyrrole nitrogens is 1. The predicted octanol–water partition coefficient (Wildman–Crippen LogP) is 2.70. The van der Waals surface area contributed by atoms with Crippen LogP contribution in [0.15, 0.2) is 30.6 Å². The predicted molar refractivity (Wildman–Crippen MR) is 55.0 cm³/mol. The maximum atomic E-state index is 12.8. The zero-order valence-electron chi connectivity index (χ0n) is 7.71. The van der Waals surface area contributed by atoms with Gasteiger partial charge in [0, 0.05) is 12.6 Å². The highest BCUT2D eigenvalue weighted by Crippen LogP contribution is 2.12. The molecule has 0 amide bonds. The summed E-state index contributed by atoms with van der Waals surface area (Å²) in [7, 11) is 0. The summed E-state index contributed by atoms with van der Waals surface area (Å²) in [4.78, 5) is 0. The van der Waals surface area contributed by atoms with Crippen molar-refractivity contribution >= 4 is 12.4 Å². The van der Waals surface area contributed by atoms with Gasteiger partial charge in [0.05, 0.1) is 6.20 Å². The molecule has 2 aromatic rings. The van der Waals surface area contributed by atoms with Gasteiger partial charge in [-0.25, -0.2) is 8.78 Å². The molecular weight excluding hydrogens is 222 g/mol. The Labute approximate surface area is 91.7 Å². The van der Waals surface area contributed by atoms with E-state index in [1.807, 2.05) is 0 Å². The largest absolute Gasteiger partial charge is 0.285 e. The van der Waals surface area contributed by atoms with Crippen molar-refractivity contribution in [2.24, 2.45) is 0 Å². The van der Waals surface area contributed by atoms with Crippen LogP contribution in [0.1, 0.15) is 11.1 Å². The summed E-state index contributed by atoms with van der Waals surface area (Å²) in [6.07, 6.45) is 3.93. The quantitative estimate of drug-likeness (QED) is 0.844. The van der Waals surface area contributed by atoms with E-state index < -0.39 is 11.6 Å². The minimum atomic E-state index is -0.819. The highest BCUT2D eigenvalue weighted by atomic mass is 35.5. The van der Waals surface area contributed by atoms with E-state index in [0.29, 0.717) is 6.42 Å². The zero-order valence-corrected chi connectivity index (χ0v) is 8.52. The van der Waals surface area contributed by atoms with Crippen molar-refractivity contribution in [2.45, 2.75) is 6.42 Å². The molecule has 0 fully saturated rings. The molecular formula is C10H9ClF2N2. The Hall–Kier alpha value is -1.42. The highest BCUT2D eigenvalue weighted by molar-refractivity contribution is 5.85. The fourth-order valence-corrected chi connectivity index (χ4v) is 1.26. The lowest BCUT2D eigenvalue weighted by Crippen LogP contribution is -1.90. The third kappa shape index (κ3) is 2.76. The van der Waals surface area contributed by atoms with Gasteiger partial charge in [-0.1, -0.05) is 6.07 Å². The van der Waals surface area contributed by atoms with Gasteiger partial charge in [-0.05, 0) is 23.3 Å². The summed E-state index contributed by atoms with van der Waals surface area (Å²) in [5.41, 5.74) is 1.67. The number of hydrogen-bond acceptors (Lipinski definition) is 1. The van der Waals surface area contributed by atoms with E-state index in [0.717, 1.165) is 17.2 Å². The van der Waals surface area contributed by atoms with Gasteiger partial charge in [0.25, 0.3) is 0 Å². The number of nitrogens with zero attached hydrogens (tertiary/aromatic N) is 1. The van der Waals surface area contributed by atoms with E-state index in [1.54, 1.807) is 18.5 Å². The molecule has 0 aliphatic carbocycles. The Balaban J connectivity index is 0.00000112. The number of rotatable bonds is 2. The SMILES string of the molecule is Cl.Fc1ccc(Cc2cn[nH]c2)cc1F. The Kier molecular flexibility index (Phi) is 3.80. The van der Waals surface area contributed by atoms with Crippen LogP contribution in [0.2, 0.25) is 0 Å². The van der Waals surface area contributed by atoms with Gasteiger partial charge in [-0.2, -0.15) is 5.10 Å². The normalized spacial score (nSPS) is 9.73. The molecule has 5 heteroatoms. The lowest BCUT2D eigenvalue weighted by Gasteiger charge is -1.99. The van der Waals surface area contributed by atoms with Crippen LogP contribution in [0.3, 0.4) is 0 Å². The van der Waals surface area contributed by atoms with Crippen molar-refractivity contribution in [2.75, 3.05) is 0 Å². The fraction of sp³-hybridized carbons (Fsp3) is 0.100. The Morgan fingerprint density at radius 1 is 1.13 bits per heavy atom. The fourth-order valence-electron chi connectivity index (χ4n) is 1.26. The average Bonchev–Trinajstić information content (AvgIpc) is 2.64. The van der Waals surface area contributed by atoms with Gasteiger partial charge in [0.15, 0.2) is 11.6 Å². The first-order chi connectivity index (χ1) is 6.75. The molecule has 2 rings (SSSR count). The number of nitrogens with one attached hydrogen (secondary N) is 1. The third-order valence-electron chi connectivity index (χ3n) is 1.95. The van der Waals surface area contributed by atoms with Gasteiger partial charge < -0.3 is 0 Å². The van der Waals surface area contributed by atoms with Crippen LogP contribution in [0, 0.1) is 11.6 Å². The Morgan fingerprint density at radius 2 is 1.93 bits per heavy atom. The van der Waals surface area contributed by atoms with Crippen molar-refractivity contribution in [1.29, 1.82) is 0 Å². The molecule has 0 saturated heterocycles. The summed E-state index contributed by atoms with van der Waals surface area (Å²) in [6, 6.07) is 3.89. The first-order valence-corrected chi connectivity index (χ1v) is 4.17. The molecule has 1 heterocycles. The van der Waals surface area contributed by atoms with E-state index in [1.165, 1.54) is 6.07 Å². The van der Waals surface area contributed by atoms with Gasteiger partial charge in [0.2, 0.25) is 0 Å². The molecule has 1 aromatic carbocycles. The molecule has 80 valence electrons. The number of halogens is 3. The van der Waals surface area contributed by atoms with Crippen molar-refractivity contribution in [1.82, 2.24) is 10.2 Å². The summed E-state index contributed by atoms with van der Waals surface area (Å²) in [5.74, 6) is -1.63. The maximum Gasteiger partial charge on any atom is 0.159 e. The molecule has 0 spiro atoms. The van der Waals surface area contributed by atoms with Crippen molar-refractivity contribution in [3.63, 3.8) is 0 Å². The average molecular weight is 231 g/mol. The van der Waals surface area contributed by atoms with Crippen molar-refractivity contribution in [3.8, 4) is 0 Å². The highest BCUT2D eigenvalue weighted by Gasteiger charge is 2.03. The third-order valence-corrected chi connectivity index (χ3v) is 1.95. The molecule has 0 aliphatic rings. The minimum absolute atomic E-state index is 0. The molecule has 0 bridgehead atoms. The number of aromatic nitrogens is 2. The lowest BCUT2D eigenvalue weighted by atomic mass is 10.1. The van der Waals surface area contributed by atoms with Crippen LogP contribution >= 0.6 is 12.4 Å². The van der Waals surface area contributed by atoms with Gasteiger partial charge in [0.1, 0.15) is 0 Å². The molecule has 1 N–H and O–H groups in total. The van der Waals surface area contributed by atoms with E-state index in [4.69, 9.17) is 0 Å². The topological polar surface area (TPSA) is 28.7 Å². The van der Waals surface area contributed by atoms with Crippen molar-refractivity contribution in [3.05, 3.63) is 53.4 Å². The van der Waals surface area contributed by atoms with E-state index in [2.05, 4.69) is 10.2 Å². The molecule has 0 aliphatic heterocycles. The number of hydrogen-bond donors (Lipinski definition) is 1. The monoisotopic (exact) mass is 230 g/mol. The Bertz CT molecular complexity index is 429. The summed E-state index contributed by atoms with van der Waals surface area (Å²) in [5, 5.41) is 6.42. The Morgan fingerprint density at radius 3 is 2.53 bits per heavy atom.